The molecule has 1 saturated carbocycles. The summed E-state index contributed by atoms with van der Waals surface area (Å²) in [6, 6.07) is 15.9. The van der Waals surface area contributed by atoms with Crippen molar-refractivity contribution in [1.29, 1.82) is 0 Å². The fraction of sp³-hybridized carbons (Fsp3) is 0.463. The Bertz CT molecular complexity index is 1410. The zero-order valence-electron chi connectivity index (χ0n) is 26.5. The Balaban J connectivity index is 1.19. The molecule has 3 heteroatoms. The molecule has 0 saturated heterocycles. The quantitative estimate of drug-likeness (QED) is 0.136. The average Bonchev–Trinajstić information content (AvgIpc) is 3.06. The first-order valence-electron chi connectivity index (χ1n) is 17.2. The highest BCUT2D eigenvalue weighted by molar-refractivity contribution is 5.74. The van der Waals surface area contributed by atoms with Crippen LogP contribution in [0.2, 0.25) is 0 Å². The van der Waals surface area contributed by atoms with Crippen molar-refractivity contribution < 1.29 is 13.2 Å². The van der Waals surface area contributed by atoms with Gasteiger partial charge in [-0.15, -0.1) is 6.58 Å². The highest BCUT2D eigenvalue weighted by Gasteiger charge is 2.28. The predicted molar refractivity (Wildman–Crippen MR) is 180 cm³/mol. The number of hydrogen-bond acceptors (Lipinski definition) is 0. The van der Waals surface area contributed by atoms with E-state index < -0.39 is 11.6 Å². The molecule has 3 aromatic carbocycles. The third-order valence-corrected chi connectivity index (χ3v) is 10.3. The minimum atomic E-state index is -0.826. The molecular formula is C41H49F3. The summed E-state index contributed by atoms with van der Waals surface area (Å²) in [6.07, 6.45) is 21.7. The van der Waals surface area contributed by atoms with Crippen LogP contribution in [0, 0.1) is 35.2 Å². The van der Waals surface area contributed by atoms with Gasteiger partial charge in [0.25, 0.3) is 0 Å². The first-order chi connectivity index (χ1) is 21.5. The Labute approximate surface area is 263 Å². The molecule has 2 aliphatic rings. The fourth-order valence-electron chi connectivity index (χ4n) is 7.56. The lowest BCUT2D eigenvalue weighted by Gasteiger charge is -2.35. The maximum atomic E-state index is 15.4. The Morgan fingerprint density at radius 1 is 0.727 bits per heavy atom. The van der Waals surface area contributed by atoms with Crippen LogP contribution in [-0.4, -0.2) is 0 Å². The Morgan fingerprint density at radius 2 is 1.43 bits per heavy atom. The van der Waals surface area contributed by atoms with Crippen molar-refractivity contribution in [1.82, 2.24) is 0 Å². The number of benzene rings is 3. The molecule has 0 amide bonds. The molecular weight excluding hydrogens is 549 g/mol. The predicted octanol–water partition coefficient (Wildman–Crippen LogP) is 12.9. The van der Waals surface area contributed by atoms with Gasteiger partial charge in [0.05, 0.1) is 0 Å². The molecule has 1 atom stereocenters. The number of hydrogen-bond donors (Lipinski definition) is 0. The van der Waals surface area contributed by atoms with E-state index in [2.05, 4.69) is 19.6 Å². The summed E-state index contributed by atoms with van der Waals surface area (Å²) in [6.45, 7) is 5.99. The second kappa shape index (κ2) is 15.8. The van der Waals surface area contributed by atoms with Gasteiger partial charge in [-0.25, -0.2) is 13.2 Å². The zero-order valence-corrected chi connectivity index (χ0v) is 26.5. The molecule has 44 heavy (non-hydrogen) atoms. The molecule has 0 spiro atoms. The van der Waals surface area contributed by atoms with Gasteiger partial charge in [0.1, 0.15) is 5.82 Å². The van der Waals surface area contributed by atoms with Crippen LogP contribution in [0.3, 0.4) is 0 Å². The molecule has 0 N–H and O–H groups in total. The number of unbranched alkanes of at least 4 members (excludes halogenated alkanes) is 4. The molecule has 0 radical (unpaired) electrons. The first kappa shape index (κ1) is 32.3. The normalized spacial score (nSPS) is 20.4. The van der Waals surface area contributed by atoms with Crippen LogP contribution in [-0.2, 0) is 6.42 Å². The van der Waals surface area contributed by atoms with Crippen LogP contribution in [0.5, 0.6) is 0 Å². The molecule has 1 unspecified atom stereocenters. The van der Waals surface area contributed by atoms with E-state index in [9.17, 15) is 8.78 Å². The van der Waals surface area contributed by atoms with Crippen molar-refractivity contribution in [3.8, 4) is 22.3 Å². The van der Waals surface area contributed by atoms with E-state index >= 15 is 4.39 Å². The van der Waals surface area contributed by atoms with Crippen molar-refractivity contribution in [2.75, 3.05) is 0 Å². The van der Waals surface area contributed by atoms with Gasteiger partial charge in [0.15, 0.2) is 11.6 Å². The number of aryl methyl sites for hydroxylation is 1. The van der Waals surface area contributed by atoms with Gasteiger partial charge in [-0.2, -0.15) is 0 Å². The van der Waals surface area contributed by atoms with E-state index in [1.807, 2.05) is 18.2 Å². The molecule has 3 aromatic rings. The van der Waals surface area contributed by atoms with E-state index in [0.29, 0.717) is 23.1 Å². The molecule has 0 nitrogen and oxygen atoms in total. The van der Waals surface area contributed by atoms with E-state index in [4.69, 9.17) is 0 Å². The van der Waals surface area contributed by atoms with Crippen LogP contribution in [0.1, 0.15) is 108 Å². The van der Waals surface area contributed by atoms with Gasteiger partial charge >= 0.3 is 0 Å². The summed E-state index contributed by atoms with van der Waals surface area (Å²) < 4.78 is 45.1. The van der Waals surface area contributed by atoms with E-state index in [-0.39, 0.29) is 11.4 Å². The smallest absolute Gasteiger partial charge is 0.166 e. The van der Waals surface area contributed by atoms with Crippen molar-refractivity contribution in [3.63, 3.8) is 0 Å². The number of halogens is 3. The largest absolute Gasteiger partial charge is 0.206 e. The van der Waals surface area contributed by atoms with Gasteiger partial charge in [-0.3, -0.25) is 0 Å². The maximum absolute atomic E-state index is 15.4. The molecule has 0 aliphatic heterocycles. The lowest BCUT2D eigenvalue weighted by Crippen LogP contribution is -2.23. The third kappa shape index (κ3) is 7.95. The summed E-state index contributed by atoms with van der Waals surface area (Å²) in [7, 11) is 0. The van der Waals surface area contributed by atoms with E-state index in [0.717, 1.165) is 61.0 Å². The van der Waals surface area contributed by atoms with Crippen LogP contribution in [0.25, 0.3) is 27.8 Å². The van der Waals surface area contributed by atoms with Gasteiger partial charge in [-0.1, -0.05) is 106 Å². The summed E-state index contributed by atoms with van der Waals surface area (Å²) >= 11 is 0. The SMILES string of the molecule is C=CCCCCc1ccc(-c2ccc(-c3ccc(C4=CCC(C5CCC(CCCCC)CC5)CC4)cc3F)cc2)c(F)c1F. The highest BCUT2D eigenvalue weighted by Crippen LogP contribution is 2.42. The average molecular weight is 599 g/mol. The lowest BCUT2D eigenvalue weighted by molar-refractivity contribution is 0.187. The molecule has 0 bridgehead atoms. The Hall–Kier alpha value is -3.07. The minimum absolute atomic E-state index is 0.224. The second-order valence-corrected chi connectivity index (χ2v) is 13.2. The summed E-state index contributed by atoms with van der Waals surface area (Å²) in [5.41, 5.74) is 4.68. The number of allylic oxidation sites excluding steroid dienone is 3. The fourth-order valence-corrected chi connectivity index (χ4v) is 7.56. The number of rotatable bonds is 13. The Morgan fingerprint density at radius 3 is 2.09 bits per heavy atom. The molecule has 1 fully saturated rings. The van der Waals surface area contributed by atoms with Crippen molar-refractivity contribution in [2.24, 2.45) is 17.8 Å². The van der Waals surface area contributed by atoms with Gasteiger partial charge in [0.2, 0.25) is 0 Å². The standard InChI is InChI=1S/C41H49F3/c1-3-5-7-9-11-35-24-27-38(41(44)40(35)43)34-22-20-33(21-23-34)37-26-25-36(28-39(37)42)32-18-16-31(17-19-32)30-14-12-29(13-15-30)10-8-6-4-2/h3,18,20-31H,1,4-17,19H2,2H3. The highest BCUT2D eigenvalue weighted by atomic mass is 19.2. The van der Waals surface area contributed by atoms with Crippen molar-refractivity contribution >= 4 is 5.57 Å². The van der Waals surface area contributed by atoms with Crippen LogP contribution in [0.4, 0.5) is 13.2 Å². The summed E-state index contributed by atoms with van der Waals surface area (Å²) in [5, 5.41) is 0. The van der Waals surface area contributed by atoms with E-state index in [1.165, 1.54) is 63.4 Å². The molecule has 5 rings (SSSR count). The maximum Gasteiger partial charge on any atom is 0.166 e. The van der Waals surface area contributed by atoms with Gasteiger partial charge in [0, 0.05) is 11.1 Å². The Kier molecular flexibility index (Phi) is 11.6. The topological polar surface area (TPSA) is 0 Å². The molecule has 0 heterocycles. The van der Waals surface area contributed by atoms with Crippen LogP contribution >= 0.6 is 0 Å². The first-order valence-corrected chi connectivity index (χ1v) is 17.2. The summed E-state index contributed by atoms with van der Waals surface area (Å²) in [4.78, 5) is 0. The lowest BCUT2D eigenvalue weighted by atomic mass is 9.70. The molecule has 2 aliphatic carbocycles. The van der Waals surface area contributed by atoms with Crippen molar-refractivity contribution in [3.05, 3.63) is 102 Å². The third-order valence-electron chi connectivity index (χ3n) is 10.3. The van der Waals surface area contributed by atoms with Crippen LogP contribution in [0.15, 0.2) is 73.3 Å². The zero-order chi connectivity index (χ0) is 30.9. The molecule has 234 valence electrons. The van der Waals surface area contributed by atoms with Gasteiger partial charge < -0.3 is 0 Å². The van der Waals surface area contributed by atoms with Gasteiger partial charge in [-0.05, 0) is 109 Å². The minimum Gasteiger partial charge on any atom is -0.206 e. The second-order valence-electron chi connectivity index (χ2n) is 13.2. The monoisotopic (exact) mass is 598 g/mol. The molecule has 0 aromatic heterocycles. The van der Waals surface area contributed by atoms with Crippen LogP contribution < -0.4 is 0 Å². The summed E-state index contributed by atoms with van der Waals surface area (Å²) in [5.74, 6) is 0.719. The van der Waals surface area contributed by atoms with E-state index in [1.54, 1.807) is 42.5 Å². The van der Waals surface area contributed by atoms with Crippen molar-refractivity contribution in [2.45, 2.75) is 103 Å².